The molecule has 2 rings (SSSR count). The topological polar surface area (TPSA) is 55.1 Å². The van der Waals surface area contributed by atoms with E-state index in [9.17, 15) is 9.18 Å². The second-order valence-electron chi connectivity index (χ2n) is 4.68. The highest BCUT2D eigenvalue weighted by molar-refractivity contribution is 7.80. The number of halogens is 1. The van der Waals surface area contributed by atoms with Crippen LogP contribution in [0.15, 0.2) is 48.5 Å². The van der Waals surface area contributed by atoms with Crippen LogP contribution >= 0.6 is 12.2 Å². The zero-order chi connectivity index (χ0) is 15.4. The van der Waals surface area contributed by atoms with E-state index in [0.717, 1.165) is 5.56 Å². The van der Waals surface area contributed by atoms with Gasteiger partial charge in [0.25, 0.3) is 5.91 Å². The SMILES string of the molecule is Cc1cc(C(=O)NC(C(N)=S)c2ccccc2)ccc1F. The standard InChI is InChI=1S/C16H15FN2OS/c1-10-9-12(7-8-13(10)17)16(20)19-14(15(18)21)11-5-3-2-4-6-11/h2-9,14H,1H3,(H2,18,21)(H,19,20). The first-order valence-corrected chi connectivity index (χ1v) is 6.81. The van der Waals surface area contributed by atoms with Gasteiger partial charge in [0.05, 0.1) is 0 Å². The second-order valence-corrected chi connectivity index (χ2v) is 5.15. The van der Waals surface area contributed by atoms with Gasteiger partial charge in [-0.25, -0.2) is 4.39 Å². The van der Waals surface area contributed by atoms with Crippen molar-refractivity contribution < 1.29 is 9.18 Å². The molecule has 1 atom stereocenters. The minimum Gasteiger partial charge on any atom is -0.391 e. The first-order valence-electron chi connectivity index (χ1n) is 6.40. The van der Waals surface area contributed by atoms with Crippen molar-refractivity contribution in [1.29, 1.82) is 0 Å². The maximum atomic E-state index is 13.2. The smallest absolute Gasteiger partial charge is 0.252 e. The van der Waals surface area contributed by atoms with Crippen LogP contribution in [-0.2, 0) is 0 Å². The summed E-state index contributed by atoms with van der Waals surface area (Å²) in [6, 6.07) is 12.8. The maximum absolute atomic E-state index is 13.2. The third-order valence-corrected chi connectivity index (χ3v) is 3.35. The van der Waals surface area contributed by atoms with Gasteiger partial charge in [-0.05, 0) is 36.2 Å². The van der Waals surface area contributed by atoms with Crippen molar-refractivity contribution in [2.24, 2.45) is 5.73 Å². The predicted octanol–water partition coefficient (Wildman–Crippen LogP) is 2.89. The Bertz CT molecular complexity index is 673. The Kier molecular flexibility index (Phi) is 4.65. The van der Waals surface area contributed by atoms with Crippen LogP contribution in [0.2, 0.25) is 0 Å². The largest absolute Gasteiger partial charge is 0.391 e. The van der Waals surface area contributed by atoms with E-state index in [1.807, 2.05) is 30.3 Å². The molecule has 2 aromatic rings. The summed E-state index contributed by atoms with van der Waals surface area (Å²) in [5, 5.41) is 2.77. The van der Waals surface area contributed by atoms with Gasteiger partial charge >= 0.3 is 0 Å². The van der Waals surface area contributed by atoms with Crippen molar-refractivity contribution in [3.8, 4) is 0 Å². The number of hydrogen-bond donors (Lipinski definition) is 2. The van der Waals surface area contributed by atoms with E-state index in [-0.39, 0.29) is 16.7 Å². The molecule has 3 N–H and O–H groups in total. The average molecular weight is 302 g/mol. The lowest BCUT2D eigenvalue weighted by molar-refractivity contribution is 0.0946. The summed E-state index contributed by atoms with van der Waals surface area (Å²) in [6.45, 7) is 1.61. The third-order valence-electron chi connectivity index (χ3n) is 3.11. The maximum Gasteiger partial charge on any atom is 0.252 e. The summed E-state index contributed by atoms with van der Waals surface area (Å²) in [5.41, 5.74) is 7.29. The fourth-order valence-corrected chi connectivity index (χ4v) is 2.16. The molecular weight excluding hydrogens is 287 g/mol. The number of rotatable bonds is 4. The van der Waals surface area contributed by atoms with Gasteiger partial charge in [-0.3, -0.25) is 4.79 Å². The number of aryl methyl sites for hydroxylation is 1. The molecule has 0 spiro atoms. The van der Waals surface area contributed by atoms with Crippen molar-refractivity contribution in [2.45, 2.75) is 13.0 Å². The first kappa shape index (κ1) is 15.1. The third kappa shape index (κ3) is 3.64. The number of carbonyl (C=O) groups is 1. The van der Waals surface area contributed by atoms with Crippen molar-refractivity contribution in [3.63, 3.8) is 0 Å². The predicted molar refractivity (Wildman–Crippen MR) is 84.6 cm³/mol. The van der Waals surface area contributed by atoms with Crippen LogP contribution < -0.4 is 11.1 Å². The normalized spacial score (nSPS) is 11.7. The second kappa shape index (κ2) is 6.45. The molecule has 2 aromatic carbocycles. The number of nitrogens with one attached hydrogen (secondary N) is 1. The van der Waals surface area contributed by atoms with Gasteiger partial charge in [-0.1, -0.05) is 42.5 Å². The summed E-state index contributed by atoms with van der Waals surface area (Å²) in [4.78, 5) is 12.4. The Balaban J connectivity index is 2.23. The first-order chi connectivity index (χ1) is 9.99. The van der Waals surface area contributed by atoms with Gasteiger partial charge in [-0.15, -0.1) is 0 Å². The quantitative estimate of drug-likeness (QED) is 0.854. The van der Waals surface area contributed by atoms with Gasteiger partial charge < -0.3 is 11.1 Å². The van der Waals surface area contributed by atoms with Gasteiger partial charge in [0.2, 0.25) is 0 Å². The molecule has 0 saturated carbocycles. The molecule has 0 bridgehead atoms. The molecule has 21 heavy (non-hydrogen) atoms. The lowest BCUT2D eigenvalue weighted by Gasteiger charge is -2.18. The highest BCUT2D eigenvalue weighted by Gasteiger charge is 2.18. The van der Waals surface area contributed by atoms with Crippen molar-refractivity contribution in [1.82, 2.24) is 5.32 Å². The Morgan fingerprint density at radius 1 is 1.24 bits per heavy atom. The highest BCUT2D eigenvalue weighted by Crippen LogP contribution is 2.15. The van der Waals surface area contributed by atoms with Gasteiger partial charge in [0.1, 0.15) is 16.8 Å². The fourth-order valence-electron chi connectivity index (χ4n) is 1.96. The molecule has 0 radical (unpaired) electrons. The summed E-state index contributed by atoms with van der Waals surface area (Å²) >= 11 is 5.02. The molecule has 1 amide bonds. The number of benzene rings is 2. The molecule has 108 valence electrons. The molecule has 1 unspecified atom stereocenters. The van der Waals surface area contributed by atoms with E-state index in [0.29, 0.717) is 11.1 Å². The molecule has 0 aliphatic heterocycles. The van der Waals surface area contributed by atoms with Crippen LogP contribution in [0, 0.1) is 12.7 Å². The zero-order valence-corrected chi connectivity index (χ0v) is 12.3. The lowest BCUT2D eigenvalue weighted by Crippen LogP contribution is -2.36. The summed E-state index contributed by atoms with van der Waals surface area (Å²) < 4.78 is 13.2. The number of nitrogens with two attached hydrogens (primary N) is 1. The lowest BCUT2D eigenvalue weighted by atomic mass is 10.1. The summed E-state index contributed by atoms with van der Waals surface area (Å²) in [5.74, 6) is -0.694. The molecule has 0 fully saturated rings. The van der Waals surface area contributed by atoms with Crippen molar-refractivity contribution in [2.75, 3.05) is 0 Å². The van der Waals surface area contributed by atoms with E-state index in [4.69, 9.17) is 18.0 Å². The van der Waals surface area contributed by atoms with Crippen LogP contribution in [-0.4, -0.2) is 10.9 Å². The fraction of sp³-hybridized carbons (Fsp3) is 0.125. The Hall–Kier alpha value is -2.27. The van der Waals surface area contributed by atoms with Crippen LogP contribution in [0.25, 0.3) is 0 Å². The van der Waals surface area contributed by atoms with Crippen LogP contribution in [0.1, 0.15) is 27.5 Å². The van der Waals surface area contributed by atoms with E-state index >= 15 is 0 Å². The summed E-state index contributed by atoms with van der Waals surface area (Å²) in [7, 11) is 0. The number of hydrogen-bond acceptors (Lipinski definition) is 2. The zero-order valence-electron chi connectivity index (χ0n) is 11.5. The number of amides is 1. The van der Waals surface area contributed by atoms with Crippen LogP contribution in [0.5, 0.6) is 0 Å². The van der Waals surface area contributed by atoms with Gasteiger partial charge in [0, 0.05) is 5.56 Å². The van der Waals surface area contributed by atoms with Gasteiger partial charge in [-0.2, -0.15) is 0 Å². The van der Waals surface area contributed by atoms with Crippen molar-refractivity contribution in [3.05, 3.63) is 71.0 Å². The van der Waals surface area contributed by atoms with Crippen molar-refractivity contribution >= 4 is 23.1 Å². The van der Waals surface area contributed by atoms with E-state index in [1.54, 1.807) is 6.92 Å². The molecule has 0 aliphatic rings. The Labute approximate surface area is 128 Å². The minimum absolute atomic E-state index is 0.174. The molecule has 3 nitrogen and oxygen atoms in total. The summed E-state index contributed by atoms with van der Waals surface area (Å²) in [6.07, 6.45) is 0. The average Bonchev–Trinajstić information content (AvgIpc) is 2.48. The monoisotopic (exact) mass is 302 g/mol. The number of thiocarbonyl (C=S) groups is 1. The van der Waals surface area contributed by atoms with E-state index < -0.39 is 6.04 Å². The Morgan fingerprint density at radius 3 is 2.48 bits per heavy atom. The minimum atomic E-state index is -0.556. The van der Waals surface area contributed by atoms with E-state index in [1.165, 1.54) is 18.2 Å². The highest BCUT2D eigenvalue weighted by atomic mass is 32.1. The Morgan fingerprint density at radius 2 is 1.90 bits per heavy atom. The van der Waals surface area contributed by atoms with Gasteiger partial charge in [0.15, 0.2) is 0 Å². The molecule has 0 saturated heterocycles. The molecule has 0 aliphatic carbocycles. The number of carbonyl (C=O) groups excluding carboxylic acids is 1. The van der Waals surface area contributed by atoms with Crippen LogP contribution in [0.4, 0.5) is 4.39 Å². The molecule has 5 heteroatoms. The van der Waals surface area contributed by atoms with Crippen LogP contribution in [0.3, 0.4) is 0 Å². The molecule has 0 heterocycles. The van der Waals surface area contributed by atoms with E-state index in [2.05, 4.69) is 5.32 Å². The molecule has 0 aromatic heterocycles. The molecular formula is C16H15FN2OS.